The fraction of sp³-hybridized carbons (Fsp3) is 0.385. The summed E-state index contributed by atoms with van der Waals surface area (Å²) in [6, 6.07) is 16.8. The molecule has 6 unspecified atom stereocenters. The zero-order valence-corrected chi connectivity index (χ0v) is 28.2. The van der Waals surface area contributed by atoms with Crippen molar-refractivity contribution in [1.29, 1.82) is 0 Å². The summed E-state index contributed by atoms with van der Waals surface area (Å²) in [5.41, 5.74) is 3.18. The number of benzene rings is 3. The van der Waals surface area contributed by atoms with Crippen LogP contribution in [0.4, 0.5) is 10.1 Å². The van der Waals surface area contributed by atoms with Gasteiger partial charge in [-0.2, -0.15) is 5.01 Å². The summed E-state index contributed by atoms with van der Waals surface area (Å²) >= 11 is 6.36. The van der Waals surface area contributed by atoms with E-state index in [4.69, 9.17) is 16.3 Å². The van der Waals surface area contributed by atoms with E-state index >= 15 is 4.79 Å². The number of halogens is 2. The summed E-state index contributed by atoms with van der Waals surface area (Å²) in [6.45, 7) is 0. The number of carbonyl (C=O) groups excluding carboxylic acids is 4. The van der Waals surface area contributed by atoms with Gasteiger partial charge in [-0.3, -0.25) is 29.5 Å². The lowest BCUT2D eigenvalue weighted by molar-refractivity contribution is -0.144. The van der Waals surface area contributed by atoms with Crippen LogP contribution in [-0.2, 0) is 24.6 Å². The number of fused-ring (bicyclic) bond motifs is 4. The highest BCUT2D eigenvalue weighted by Crippen LogP contribution is 2.66. The zero-order chi connectivity index (χ0) is 34.9. The molecule has 2 N–H and O–H groups in total. The van der Waals surface area contributed by atoms with Crippen LogP contribution in [0, 0.1) is 29.5 Å². The Labute approximate surface area is 294 Å². The van der Waals surface area contributed by atoms with Crippen molar-refractivity contribution in [3.05, 3.63) is 100 Å². The average molecular weight is 698 g/mol. The number of hydrazine groups is 1. The summed E-state index contributed by atoms with van der Waals surface area (Å²) in [7, 11) is 1.47. The van der Waals surface area contributed by atoms with Gasteiger partial charge < -0.3 is 9.84 Å². The fourth-order valence-corrected chi connectivity index (χ4v) is 9.82. The van der Waals surface area contributed by atoms with E-state index in [0.717, 1.165) is 37.1 Å². The molecule has 0 aromatic heterocycles. The fourth-order valence-electron chi connectivity index (χ4n) is 9.69. The Kier molecular flexibility index (Phi) is 7.97. The SMILES string of the molecule is COc1cccc(O)c1C1C2=CCC3C(=O)N(C4CCCCC4)C(=O)C3C2CC2C(=O)N(Nc3ccc(F)cc3)C(=O)C21c1ccc(Cl)cc1. The Bertz CT molecular complexity index is 1930. The van der Waals surface area contributed by atoms with E-state index in [1.165, 1.54) is 42.3 Å². The largest absolute Gasteiger partial charge is 0.508 e. The third-order valence-corrected chi connectivity index (χ3v) is 12.0. The van der Waals surface area contributed by atoms with Crippen LogP contribution in [0.5, 0.6) is 11.5 Å². The molecular weight excluding hydrogens is 661 g/mol. The molecule has 0 radical (unpaired) electrons. The first kappa shape index (κ1) is 32.5. The number of aromatic hydroxyl groups is 1. The standard InChI is InChI=1S/C39H37ClFN3O6/c1-50-31-9-5-8-30(45)33(31)34-26-18-19-27-32(37(48)43(35(27)46)25-6-3-2-4-7-25)28(26)20-29-36(47)44(42-24-16-14-23(41)15-17-24)38(49)39(29,34)21-10-12-22(40)13-11-21/h5,8-18,25,27-29,32,34,42,45H,2-4,6-7,19-20H2,1H3. The molecule has 258 valence electrons. The van der Waals surface area contributed by atoms with Crippen LogP contribution >= 0.6 is 11.6 Å². The molecule has 4 amide bonds. The Morgan fingerprint density at radius 3 is 2.32 bits per heavy atom. The number of rotatable bonds is 6. The van der Waals surface area contributed by atoms with E-state index in [0.29, 0.717) is 33.2 Å². The average Bonchev–Trinajstić information content (AvgIpc) is 3.50. The molecule has 2 heterocycles. The number of nitrogens with one attached hydrogen (secondary N) is 1. The van der Waals surface area contributed by atoms with E-state index in [1.54, 1.807) is 36.4 Å². The number of amides is 4. The molecule has 4 fully saturated rings. The predicted molar refractivity (Wildman–Crippen MR) is 182 cm³/mol. The Morgan fingerprint density at radius 2 is 1.62 bits per heavy atom. The summed E-state index contributed by atoms with van der Waals surface area (Å²) in [5.74, 6) is -5.63. The molecule has 6 atom stereocenters. The third-order valence-electron chi connectivity index (χ3n) is 11.8. The van der Waals surface area contributed by atoms with Gasteiger partial charge >= 0.3 is 0 Å². The summed E-state index contributed by atoms with van der Waals surface area (Å²) in [5, 5.41) is 13.1. The Hall–Kier alpha value is -4.70. The summed E-state index contributed by atoms with van der Waals surface area (Å²) < 4.78 is 19.7. The number of ether oxygens (including phenoxy) is 1. The second-order valence-electron chi connectivity index (χ2n) is 14.1. The molecule has 0 spiro atoms. The van der Waals surface area contributed by atoms with E-state index in [2.05, 4.69) is 5.43 Å². The van der Waals surface area contributed by atoms with Gasteiger partial charge in [-0.15, -0.1) is 0 Å². The lowest BCUT2D eigenvalue weighted by atomic mass is 9.49. The van der Waals surface area contributed by atoms with Crippen molar-refractivity contribution < 1.29 is 33.4 Å². The predicted octanol–water partition coefficient (Wildman–Crippen LogP) is 6.51. The number of anilines is 1. The van der Waals surface area contributed by atoms with Crippen LogP contribution in [0.2, 0.25) is 5.02 Å². The number of phenols is 1. The van der Waals surface area contributed by atoms with Gasteiger partial charge in [0.2, 0.25) is 11.8 Å². The van der Waals surface area contributed by atoms with Crippen molar-refractivity contribution >= 4 is 40.9 Å². The number of nitrogens with zero attached hydrogens (tertiary/aromatic N) is 2. The molecule has 50 heavy (non-hydrogen) atoms. The smallest absolute Gasteiger partial charge is 0.260 e. The first-order valence-corrected chi connectivity index (χ1v) is 17.6. The first-order chi connectivity index (χ1) is 24.2. The molecule has 2 aliphatic heterocycles. The minimum absolute atomic E-state index is 0.117. The number of imide groups is 2. The lowest BCUT2D eigenvalue weighted by Gasteiger charge is -2.50. The van der Waals surface area contributed by atoms with E-state index < -0.39 is 52.6 Å². The molecule has 11 heteroatoms. The van der Waals surface area contributed by atoms with Gasteiger partial charge in [0.1, 0.15) is 17.3 Å². The molecular formula is C39H37ClFN3O6. The molecule has 0 bridgehead atoms. The normalized spacial score (nSPS) is 29.4. The summed E-state index contributed by atoms with van der Waals surface area (Å²) in [4.78, 5) is 60.0. The van der Waals surface area contributed by atoms with Crippen molar-refractivity contribution in [3.8, 4) is 11.5 Å². The van der Waals surface area contributed by atoms with Crippen molar-refractivity contribution in [2.24, 2.45) is 23.7 Å². The van der Waals surface area contributed by atoms with Crippen LogP contribution < -0.4 is 10.2 Å². The maximum atomic E-state index is 15.3. The van der Waals surface area contributed by atoms with Crippen LogP contribution in [0.3, 0.4) is 0 Å². The number of carbonyl (C=O) groups is 4. The van der Waals surface area contributed by atoms with Crippen LogP contribution in [-0.4, -0.2) is 51.8 Å². The van der Waals surface area contributed by atoms with Crippen molar-refractivity contribution in [2.45, 2.75) is 62.3 Å². The molecule has 8 rings (SSSR count). The summed E-state index contributed by atoms with van der Waals surface area (Å²) in [6.07, 6.45) is 6.91. The molecule has 3 aliphatic carbocycles. The highest BCUT2D eigenvalue weighted by molar-refractivity contribution is 6.30. The quantitative estimate of drug-likeness (QED) is 0.223. The highest BCUT2D eigenvalue weighted by atomic mass is 35.5. The van der Waals surface area contributed by atoms with Gasteiger partial charge in [0.15, 0.2) is 0 Å². The zero-order valence-electron chi connectivity index (χ0n) is 27.5. The minimum Gasteiger partial charge on any atom is -0.508 e. The Morgan fingerprint density at radius 1 is 0.900 bits per heavy atom. The van der Waals surface area contributed by atoms with Gasteiger partial charge in [0.25, 0.3) is 11.8 Å². The van der Waals surface area contributed by atoms with Crippen molar-refractivity contribution in [1.82, 2.24) is 9.91 Å². The van der Waals surface area contributed by atoms with Crippen molar-refractivity contribution in [3.63, 3.8) is 0 Å². The topological polar surface area (TPSA) is 116 Å². The third kappa shape index (κ3) is 4.71. The maximum Gasteiger partial charge on any atom is 0.260 e. The van der Waals surface area contributed by atoms with E-state index in [1.807, 2.05) is 6.08 Å². The van der Waals surface area contributed by atoms with Gasteiger partial charge in [-0.05, 0) is 85.7 Å². The number of hydrogen-bond acceptors (Lipinski definition) is 7. The first-order valence-electron chi connectivity index (χ1n) is 17.3. The maximum absolute atomic E-state index is 15.3. The molecule has 2 saturated heterocycles. The number of allylic oxidation sites excluding steroid dienone is 2. The monoisotopic (exact) mass is 697 g/mol. The number of methoxy groups -OCH3 is 1. The molecule has 2 saturated carbocycles. The van der Waals surface area contributed by atoms with Gasteiger partial charge in [-0.25, -0.2) is 4.39 Å². The lowest BCUT2D eigenvalue weighted by Crippen LogP contribution is -2.53. The van der Waals surface area contributed by atoms with Crippen LogP contribution in [0.25, 0.3) is 0 Å². The van der Waals surface area contributed by atoms with E-state index in [9.17, 15) is 23.9 Å². The number of hydrogen-bond donors (Lipinski definition) is 2. The minimum atomic E-state index is -1.62. The molecule has 5 aliphatic rings. The van der Waals surface area contributed by atoms with Gasteiger partial charge in [0.05, 0.1) is 36.0 Å². The highest BCUT2D eigenvalue weighted by Gasteiger charge is 2.71. The van der Waals surface area contributed by atoms with Crippen molar-refractivity contribution in [2.75, 3.05) is 12.5 Å². The van der Waals surface area contributed by atoms with E-state index in [-0.39, 0.29) is 36.4 Å². The number of phenolic OH excluding ortho intramolecular Hbond substituents is 1. The van der Waals surface area contributed by atoms with Crippen LogP contribution in [0.1, 0.15) is 62.0 Å². The Balaban J connectivity index is 1.34. The van der Waals surface area contributed by atoms with Gasteiger partial charge in [0, 0.05) is 22.5 Å². The van der Waals surface area contributed by atoms with Gasteiger partial charge in [-0.1, -0.05) is 60.7 Å². The van der Waals surface area contributed by atoms with Crippen LogP contribution in [0.15, 0.2) is 78.4 Å². The molecule has 3 aromatic carbocycles. The second-order valence-corrected chi connectivity index (χ2v) is 14.5. The molecule has 3 aromatic rings. The second kappa shape index (κ2) is 12.3. The molecule has 9 nitrogen and oxygen atoms in total. The number of likely N-dealkylation sites (tertiary alicyclic amines) is 1.